The van der Waals surface area contributed by atoms with E-state index in [9.17, 15) is 14.7 Å². The van der Waals surface area contributed by atoms with Crippen molar-refractivity contribution in [2.75, 3.05) is 19.7 Å². The van der Waals surface area contributed by atoms with Crippen molar-refractivity contribution in [3.8, 4) is 11.8 Å². The third-order valence-corrected chi connectivity index (χ3v) is 6.48. The van der Waals surface area contributed by atoms with Gasteiger partial charge in [-0.25, -0.2) is 0 Å². The number of carbonyl (C=O) groups is 2. The number of hydrogen-bond donors (Lipinski definition) is 1. The van der Waals surface area contributed by atoms with E-state index in [0.717, 1.165) is 11.1 Å². The number of aliphatic hydroxyl groups is 1. The minimum atomic E-state index is -0.202. The van der Waals surface area contributed by atoms with E-state index in [4.69, 9.17) is 0 Å². The molecule has 0 bridgehead atoms. The maximum atomic E-state index is 12.5. The summed E-state index contributed by atoms with van der Waals surface area (Å²) in [7, 11) is 0. The van der Waals surface area contributed by atoms with Crippen molar-refractivity contribution in [1.82, 2.24) is 9.80 Å². The third-order valence-electron chi connectivity index (χ3n) is 6.48. The number of rotatable bonds is 3. The van der Waals surface area contributed by atoms with Crippen LogP contribution in [0.4, 0.5) is 0 Å². The zero-order valence-electron chi connectivity index (χ0n) is 16.4. The molecule has 3 atom stereocenters. The summed E-state index contributed by atoms with van der Waals surface area (Å²) < 4.78 is 0. The monoisotopic (exact) mass is 380 g/mol. The number of benzene rings is 1. The highest BCUT2D eigenvalue weighted by molar-refractivity contribution is 5.87. The fourth-order valence-electron chi connectivity index (χ4n) is 4.96. The van der Waals surface area contributed by atoms with E-state index in [1.54, 1.807) is 9.80 Å². The molecule has 1 aromatic rings. The van der Waals surface area contributed by atoms with Crippen LogP contribution in [-0.4, -0.2) is 58.5 Å². The summed E-state index contributed by atoms with van der Waals surface area (Å²) in [5, 5.41) is 9.86. The standard InChI is InChI=1S/C23H28N2O3/c1-2-21(27)24-13-19-23(20(15-26)25(19)22(28)14-24)18-11-9-17(10-12-18)8-7-16-5-3-4-6-16/h9-12,16,19-20,23,26H,2-6,13-15H2,1H3/t19-,20+,23+/m0/s1. The molecule has 5 heteroatoms. The van der Waals surface area contributed by atoms with Crippen molar-refractivity contribution in [2.45, 2.75) is 57.0 Å². The minimum Gasteiger partial charge on any atom is -0.394 e. The second kappa shape index (κ2) is 7.97. The summed E-state index contributed by atoms with van der Waals surface area (Å²) in [5.74, 6) is 7.21. The molecule has 0 spiro atoms. The van der Waals surface area contributed by atoms with Gasteiger partial charge in [0.15, 0.2) is 0 Å². The molecule has 1 saturated carbocycles. The van der Waals surface area contributed by atoms with Crippen LogP contribution in [0.15, 0.2) is 24.3 Å². The average molecular weight is 380 g/mol. The molecule has 2 aliphatic heterocycles. The Bertz CT molecular complexity index is 801. The van der Waals surface area contributed by atoms with Crippen molar-refractivity contribution in [3.63, 3.8) is 0 Å². The molecule has 5 nitrogen and oxygen atoms in total. The van der Waals surface area contributed by atoms with Crippen LogP contribution in [0, 0.1) is 17.8 Å². The molecular formula is C23H28N2O3. The first-order valence-corrected chi connectivity index (χ1v) is 10.4. The van der Waals surface area contributed by atoms with E-state index < -0.39 is 0 Å². The van der Waals surface area contributed by atoms with Crippen LogP contribution < -0.4 is 0 Å². The summed E-state index contributed by atoms with van der Waals surface area (Å²) in [6, 6.07) is 7.95. The molecule has 28 heavy (non-hydrogen) atoms. The normalized spacial score (nSPS) is 27.1. The van der Waals surface area contributed by atoms with Gasteiger partial charge < -0.3 is 14.9 Å². The Morgan fingerprint density at radius 1 is 1.21 bits per heavy atom. The van der Waals surface area contributed by atoms with Crippen molar-refractivity contribution >= 4 is 11.8 Å². The first-order chi connectivity index (χ1) is 13.6. The molecule has 0 unspecified atom stereocenters. The molecule has 2 saturated heterocycles. The van der Waals surface area contributed by atoms with Gasteiger partial charge in [0.1, 0.15) is 0 Å². The summed E-state index contributed by atoms with van der Waals surface area (Å²) in [4.78, 5) is 28.0. The van der Waals surface area contributed by atoms with Crippen LogP contribution in [0.1, 0.15) is 56.1 Å². The van der Waals surface area contributed by atoms with Crippen LogP contribution in [0.3, 0.4) is 0 Å². The zero-order chi connectivity index (χ0) is 19.7. The van der Waals surface area contributed by atoms with Crippen LogP contribution in [0.5, 0.6) is 0 Å². The average Bonchev–Trinajstić information content (AvgIpc) is 3.22. The van der Waals surface area contributed by atoms with E-state index in [0.29, 0.717) is 18.9 Å². The van der Waals surface area contributed by atoms with Crippen molar-refractivity contribution in [1.29, 1.82) is 0 Å². The SMILES string of the molecule is CCC(=O)N1CC(=O)N2[C@H](CO)[C@H](c3ccc(C#CC4CCCC4)cc3)[C@@H]2C1. The summed E-state index contributed by atoms with van der Waals surface area (Å²) >= 11 is 0. The predicted molar refractivity (Wildman–Crippen MR) is 106 cm³/mol. The third kappa shape index (κ3) is 3.42. The van der Waals surface area contributed by atoms with Crippen molar-refractivity contribution in [2.24, 2.45) is 5.92 Å². The summed E-state index contributed by atoms with van der Waals surface area (Å²) in [6.45, 7) is 2.43. The molecule has 4 rings (SSSR count). The lowest BCUT2D eigenvalue weighted by atomic mass is 9.73. The molecule has 0 aromatic heterocycles. The van der Waals surface area contributed by atoms with Gasteiger partial charge in [-0.15, -0.1) is 0 Å². The molecule has 148 valence electrons. The van der Waals surface area contributed by atoms with Crippen LogP contribution in [0.2, 0.25) is 0 Å². The highest BCUT2D eigenvalue weighted by atomic mass is 16.3. The number of amides is 2. The molecular weight excluding hydrogens is 352 g/mol. The second-order valence-electron chi connectivity index (χ2n) is 8.14. The first kappa shape index (κ1) is 19.0. The molecule has 1 aromatic carbocycles. The lowest BCUT2D eigenvalue weighted by Crippen LogP contribution is -2.73. The van der Waals surface area contributed by atoms with Gasteiger partial charge in [-0.05, 0) is 30.5 Å². The lowest BCUT2D eigenvalue weighted by molar-refractivity contribution is -0.166. The largest absolute Gasteiger partial charge is 0.394 e. The van der Waals surface area contributed by atoms with Gasteiger partial charge in [0, 0.05) is 30.4 Å². The zero-order valence-corrected chi connectivity index (χ0v) is 16.4. The van der Waals surface area contributed by atoms with Crippen molar-refractivity contribution in [3.05, 3.63) is 35.4 Å². The van der Waals surface area contributed by atoms with E-state index >= 15 is 0 Å². The highest BCUT2D eigenvalue weighted by Crippen LogP contribution is 2.42. The molecule has 3 aliphatic rings. The fourth-order valence-corrected chi connectivity index (χ4v) is 4.96. The maximum absolute atomic E-state index is 12.5. The molecule has 3 fully saturated rings. The Morgan fingerprint density at radius 3 is 2.57 bits per heavy atom. The molecule has 1 aliphatic carbocycles. The number of nitrogens with zero attached hydrogens (tertiary/aromatic N) is 2. The van der Waals surface area contributed by atoms with Gasteiger partial charge >= 0.3 is 0 Å². The second-order valence-corrected chi connectivity index (χ2v) is 8.14. The Labute approximate surface area is 166 Å². The quantitative estimate of drug-likeness (QED) is 0.818. The van der Waals surface area contributed by atoms with Gasteiger partial charge in [0.2, 0.25) is 11.8 Å². The number of hydrogen-bond acceptors (Lipinski definition) is 3. The number of fused-ring (bicyclic) bond motifs is 1. The predicted octanol–water partition coefficient (Wildman–Crippen LogP) is 2.14. The Morgan fingerprint density at radius 2 is 1.93 bits per heavy atom. The minimum absolute atomic E-state index is 0.0109. The highest BCUT2D eigenvalue weighted by Gasteiger charge is 2.54. The number of carbonyl (C=O) groups excluding carboxylic acids is 2. The van der Waals surface area contributed by atoms with Gasteiger partial charge in [-0.2, -0.15) is 0 Å². The molecule has 2 amide bonds. The Hall–Kier alpha value is -2.32. The van der Waals surface area contributed by atoms with E-state index in [1.165, 1.54) is 25.7 Å². The van der Waals surface area contributed by atoms with Crippen molar-refractivity contribution < 1.29 is 14.7 Å². The van der Waals surface area contributed by atoms with E-state index in [1.807, 2.05) is 19.1 Å². The Kier molecular flexibility index (Phi) is 5.41. The topological polar surface area (TPSA) is 60.9 Å². The van der Waals surface area contributed by atoms with Crippen LogP contribution in [0.25, 0.3) is 0 Å². The Balaban J connectivity index is 1.50. The van der Waals surface area contributed by atoms with Crippen LogP contribution >= 0.6 is 0 Å². The fraction of sp³-hybridized carbons (Fsp3) is 0.565. The van der Waals surface area contributed by atoms with E-state index in [2.05, 4.69) is 24.0 Å². The van der Waals surface area contributed by atoms with Crippen LogP contribution in [-0.2, 0) is 9.59 Å². The summed E-state index contributed by atoms with van der Waals surface area (Å²) in [5.41, 5.74) is 2.11. The van der Waals surface area contributed by atoms with E-state index in [-0.39, 0.29) is 43.0 Å². The molecule has 0 radical (unpaired) electrons. The molecule has 1 N–H and O–H groups in total. The number of aliphatic hydroxyl groups excluding tert-OH is 1. The number of piperazine rings is 1. The van der Waals surface area contributed by atoms with Gasteiger partial charge in [0.25, 0.3) is 0 Å². The van der Waals surface area contributed by atoms with Gasteiger partial charge in [-0.1, -0.05) is 43.7 Å². The van der Waals surface area contributed by atoms with Gasteiger partial charge in [-0.3, -0.25) is 9.59 Å². The smallest absolute Gasteiger partial charge is 0.242 e. The molecule has 2 heterocycles. The first-order valence-electron chi connectivity index (χ1n) is 10.4. The summed E-state index contributed by atoms with van der Waals surface area (Å²) in [6.07, 6.45) is 5.41. The lowest BCUT2D eigenvalue weighted by Gasteiger charge is -2.58. The van der Waals surface area contributed by atoms with Gasteiger partial charge in [0.05, 0.1) is 25.2 Å². The maximum Gasteiger partial charge on any atom is 0.242 e.